The van der Waals surface area contributed by atoms with Crippen molar-refractivity contribution in [3.05, 3.63) is 35.4 Å². The molecule has 1 nitrogen and oxygen atoms in total. The third kappa shape index (κ3) is 2.41. The Bertz CT molecular complexity index is 467. The van der Waals surface area contributed by atoms with Crippen molar-refractivity contribution < 1.29 is 0 Å². The van der Waals surface area contributed by atoms with Crippen LogP contribution in [0.15, 0.2) is 24.3 Å². The summed E-state index contributed by atoms with van der Waals surface area (Å²) < 4.78 is 0. The van der Waals surface area contributed by atoms with E-state index in [9.17, 15) is 0 Å². The first-order valence-corrected chi connectivity index (χ1v) is 8.68. The quantitative estimate of drug-likeness (QED) is 0.866. The molecule has 0 spiro atoms. The minimum absolute atomic E-state index is 0.763. The smallest absolute Gasteiger partial charge is 0.00203 e. The summed E-state index contributed by atoms with van der Waals surface area (Å²) in [7, 11) is 0. The molecule has 108 valence electrons. The summed E-state index contributed by atoms with van der Waals surface area (Å²) in [5.41, 5.74) is 3.23. The zero-order valence-corrected chi connectivity index (χ0v) is 12.5. The van der Waals surface area contributed by atoms with Crippen molar-refractivity contribution in [2.75, 3.05) is 13.1 Å². The second-order valence-electron chi connectivity index (χ2n) is 7.38. The van der Waals surface area contributed by atoms with Gasteiger partial charge in [0.05, 0.1) is 0 Å². The van der Waals surface area contributed by atoms with Crippen molar-refractivity contribution in [1.29, 1.82) is 0 Å². The van der Waals surface area contributed by atoms with Crippen LogP contribution < -0.4 is 5.32 Å². The Kier molecular flexibility index (Phi) is 3.56. The Morgan fingerprint density at radius 1 is 1.00 bits per heavy atom. The monoisotopic (exact) mass is 269 g/mol. The average molecular weight is 269 g/mol. The van der Waals surface area contributed by atoms with Crippen LogP contribution in [-0.4, -0.2) is 13.1 Å². The molecule has 3 aliphatic carbocycles. The Morgan fingerprint density at radius 2 is 1.95 bits per heavy atom. The Balaban J connectivity index is 1.32. The molecule has 0 radical (unpaired) electrons. The highest BCUT2D eigenvalue weighted by molar-refractivity contribution is 5.32. The van der Waals surface area contributed by atoms with E-state index in [1.54, 1.807) is 17.5 Å². The summed E-state index contributed by atoms with van der Waals surface area (Å²) in [5.74, 6) is 3.90. The number of hydrogen-bond donors (Lipinski definition) is 1. The maximum absolute atomic E-state index is 3.82. The molecule has 2 saturated carbocycles. The second kappa shape index (κ2) is 5.52. The van der Waals surface area contributed by atoms with E-state index in [0.29, 0.717) is 0 Å². The lowest BCUT2D eigenvalue weighted by molar-refractivity contribution is 0.314. The van der Waals surface area contributed by atoms with Crippen LogP contribution in [0.2, 0.25) is 0 Å². The number of aryl methyl sites for hydroxylation is 1. The van der Waals surface area contributed by atoms with Gasteiger partial charge in [-0.2, -0.15) is 0 Å². The molecule has 0 aromatic heterocycles. The van der Waals surface area contributed by atoms with E-state index in [-0.39, 0.29) is 0 Å². The fourth-order valence-corrected chi connectivity index (χ4v) is 5.14. The summed E-state index contributed by atoms with van der Waals surface area (Å²) >= 11 is 0. The van der Waals surface area contributed by atoms with E-state index in [2.05, 4.69) is 29.6 Å². The number of hydrogen-bond acceptors (Lipinski definition) is 1. The summed E-state index contributed by atoms with van der Waals surface area (Å²) in [6.45, 7) is 2.48. The summed E-state index contributed by atoms with van der Waals surface area (Å²) in [4.78, 5) is 0. The van der Waals surface area contributed by atoms with E-state index in [1.165, 1.54) is 51.6 Å². The third-order valence-corrected chi connectivity index (χ3v) is 6.18. The van der Waals surface area contributed by atoms with E-state index in [1.807, 2.05) is 0 Å². The van der Waals surface area contributed by atoms with Gasteiger partial charge < -0.3 is 5.32 Å². The molecule has 0 amide bonds. The maximum Gasteiger partial charge on any atom is 0.00203 e. The van der Waals surface area contributed by atoms with E-state index >= 15 is 0 Å². The van der Waals surface area contributed by atoms with Gasteiger partial charge in [-0.25, -0.2) is 0 Å². The molecule has 1 heteroatoms. The van der Waals surface area contributed by atoms with Crippen LogP contribution in [0.25, 0.3) is 0 Å². The molecule has 2 fully saturated rings. The van der Waals surface area contributed by atoms with Crippen LogP contribution >= 0.6 is 0 Å². The van der Waals surface area contributed by atoms with Gasteiger partial charge in [0.15, 0.2) is 0 Å². The van der Waals surface area contributed by atoms with Gasteiger partial charge in [0, 0.05) is 6.54 Å². The van der Waals surface area contributed by atoms with E-state index in [4.69, 9.17) is 0 Å². The number of rotatable bonds is 4. The number of benzene rings is 1. The highest BCUT2D eigenvalue weighted by Crippen LogP contribution is 2.48. The first-order chi connectivity index (χ1) is 9.90. The fourth-order valence-electron chi connectivity index (χ4n) is 5.14. The van der Waals surface area contributed by atoms with Crippen LogP contribution in [-0.2, 0) is 6.42 Å². The van der Waals surface area contributed by atoms with Crippen LogP contribution in [0.1, 0.15) is 55.6 Å². The lowest BCUT2D eigenvalue weighted by Crippen LogP contribution is -2.31. The number of nitrogens with one attached hydrogen (secondary N) is 1. The summed E-state index contributed by atoms with van der Waals surface area (Å²) in [5, 5.41) is 3.82. The first-order valence-electron chi connectivity index (χ1n) is 8.68. The molecule has 1 N–H and O–H groups in total. The van der Waals surface area contributed by atoms with Gasteiger partial charge in [0.2, 0.25) is 0 Å². The molecular weight excluding hydrogens is 242 g/mol. The summed E-state index contributed by atoms with van der Waals surface area (Å²) in [6.07, 6.45) is 10.1. The van der Waals surface area contributed by atoms with Gasteiger partial charge in [-0.15, -0.1) is 0 Å². The molecule has 4 unspecified atom stereocenters. The van der Waals surface area contributed by atoms with Crippen LogP contribution in [0, 0.1) is 17.8 Å². The zero-order valence-electron chi connectivity index (χ0n) is 12.5. The van der Waals surface area contributed by atoms with Crippen molar-refractivity contribution in [2.24, 2.45) is 17.8 Å². The van der Waals surface area contributed by atoms with Crippen molar-refractivity contribution in [2.45, 2.75) is 50.9 Å². The van der Waals surface area contributed by atoms with Crippen molar-refractivity contribution in [1.82, 2.24) is 5.32 Å². The van der Waals surface area contributed by atoms with E-state index < -0.39 is 0 Å². The molecule has 1 aromatic carbocycles. The molecule has 0 aliphatic heterocycles. The average Bonchev–Trinajstić information content (AvgIpc) is 3.10. The Hall–Kier alpha value is -0.820. The maximum atomic E-state index is 3.82. The minimum atomic E-state index is 0.763. The Labute approximate surface area is 123 Å². The molecule has 3 aliphatic rings. The molecule has 4 atom stereocenters. The lowest BCUT2D eigenvalue weighted by atomic mass is 9.82. The Morgan fingerprint density at radius 3 is 2.80 bits per heavy atom. The van der Waals surface area contributed by atoms with Crippen LogP contribution in [0.5, 0.6) is 0 Å². The van der Waals surface area contributed by atoms with Crippen LogP contribution in [0.4, 0.5) is 0 Å². The van der Waals surface area contributed by atoms with Gasteiger partial charge in [-0.3, -0.25) is 0 Å². The predicted molar refractivity (Wildman–Crippen MR) is 83.9 cm³/mol. The number of fused-ring (bicyclic) bond motifs is 3. The zero-order chi connectivity index (χ0) is 13.4. The normalized spacial score (nSPS) is 35.2. The summed E-state index contributed by atoms with van der Waals surface area (Å²) in [6, 6.07) is 9.10. The van der Waals surface area contributed by atoms with Crippen molar-refractivity contribution in [3.8, 4) is 0 Å². The highest BCUT2D eigenvalue weighted by atomic mass is 14.9. The van der Waals surface area contributed by atoms with Crippen LogP contribution in [0.3, 0.4) is 0 Å². The molecule has 4 rings (SSSR count). The second-order valence-corrected chi connectivity index (χ2v) is 7.38. The molecular formula is C19H27N. The van der Waals surface area contributed by atoms with Gasteiger partial charge >= 0.3 is 0 Å². The molecule has 0 saturated heterocycles. The lowest BCUT2D eigenvalue weighted by Gasteiger charge is -2.27. The van der Waals surface area contributed by atoms with Crippen molar-refractivity contribution in [3.63, 3.8) is 0 Å². The van der Waals surface area contributed by atoms with E-state index in [0.717, 1.165) is 23.7 Å². The topological polar surface area (TPSA) is 12.0 Å². The highest BCUT2D eigenvalue weighted by Gasteiger charge is 2.38. The molecule has 0 heterocycles. The molecule has 1 aromatic rings. The fraction of sp³-hybridized carbons (Fsp3) is 0.684. The van der Waals surface area contributed by atoms with Gasteiger partial charge in [-0.1, -0.05) is 30.7 Å². The standard InChI is InChI=1S/C19H27N/c1-2-7-19-15(4-1)5-3-6-17(19)12-20-13-18-11-14-8-9-16(18)10-14/h1-2,4,7,14,16-18,20H,3,5-6,8-13H2. The van der Waals surface area contributed by atoms with Gasteiger partial charge in [0.25, 0.3) is 0 Å². The SMILES string of the molecule is c1ccc2c(c1)CCCC2CNCC1CC2CCC1C2. The third-order valence-electron chi connectivity index (χ3n) is 6.18. The first kappa shape index (κ1) is 12.9. The molecule has 2 bridgehead atoms. The predicted octanol–water partition coefficient (Wildman–Crippen LogP) is 4.13. The molecule has 20 heavy (non-hydrogen) atoms. The largest absolute Gasteiger partial charge is 0.316 e. The van der Waals surface area contributed by atoms with Gasteiger partial charge in [0.1, 0.15) is 0 Å². The van der Waals surface area contributed by atoms with Crippen molar-refractivity contribution >= 4 is 0 Å². The minimum Gasteiger partial charge on any atom is -0.316 e. The van der Waals surface area contributed by atoms with Gasteiger partial charge in [-0.05, 0) is 79.9 Å².